The fourth-order valence-corrected chi connectivity index (χ4v) is 1.43. The van der Waals surface area contributed by atoms with Crippen LogP contribution in [0.3, 0.4) is 0 Å². The van der Waals surface area contributed by atoms with Crippen LogP contribution in [-0.4, -0.2) is 14.3 Å². The molecule has 1 aliphatic rings. The van der Waals surface area contributed by atoms with Crippen molar-refractivity contribution in [2.24, 2.45) is 0 Å². The van der Waals surface area contributed by atoms with E-state index in [2.05, 4.69) is 45.5 Å². The lowest BCUT2D eigenvalue weighted by atomic mass is 9.38. The minimum atomic E-state index is 0.621. The monoisotopic (exact) mass is 126 g/mol. The molecule has 2 heteroatoms. The highest BCUT2D eigenvalue weighted by molar-refractivity contribution is 7.09. The number of hydrogen-bond acceptors (Lipinski definition) is 0. The van der Waals surface area contributed by atoms with E-state index in [1.54, 1.807) is 0 Å². The molecule has 0 saturated carbocycles. The Balaban J connectivity index is 2.51. The molecule has 0 bridgehead atoms. The van der Waals surface area contributed by atoms with E-state index in [9.17, 15) is 0 Å². The van der Waals surface area contributed by atoms with Crippen molar-refractivity contribution < 1.29 is 0 Å². The van der Waals surface area contributed by atoms with Gasteiger partial charge in [0.25, 0.3) is 0 Å². The van der Waals surface area contributed by atoms with Crippen molar-refractivity contribution in [1.29, 1.82) is 0 Å². The highest BCUT2D eigenvalue weighted by atomic mass is 14.0. The zero-order chi connectivity index (χ0) is 6.97. The number of hydrogen-bond donors (Lipinski definition) is 0. The van der Waals surface area contributed by atoms with Crippen LogP contribution in [0.25, 0.3) is 0 Å². The molecule has 0 amide bonds. The lowest BCUT2D eigenvalue weighted by molar-refractivity contribution is 1.10. The molecule has 0 aliphatic carbocycles. The van der Waals surface area contributed by atoms with Gasteiger partial charge in [-0.25, -0.2) is 0 Å². The summed E-state index contributed by atoms with van der Waals surface area (Å²) in [6.07, 6.45) is 0. The topological polar surface area (TPSA) is 0 Å². The molecular weight excluding hydrogens is 118 g/mol. The first-order valence-electron chi connectivity index (χ1n) is 3.65. The van der Waals surface area contributed by atoms with Crippen LogP contribution in [0.5, 0.6) is 0 Å². The lowest BCUT2D eigenvalue weighted by Gasteiger charge is -2.02. The summed E-state index contributed by atoms with van der Waals surface area (Å²) >= 11 is 0. The summed E-state index contributed by atoms with van der Waals surface area (Å²) in [7, 11) is 4.44. The second-order valence-corrected chi connectivity index (χ2v) is 2.78. The molecule has 0 spiro atoms. The molecule has 46 valence electrons. The lowest BCUT2D eigenvalue weighted by Crippen LogP contribution is -2.12. The molecule has 0 N–H and O–H groups in total. The predicted molar refractivity (Wildman–Crippen MR) is 46.0 cm³/mol. The second-order valence-electron chi connectivity index (χ2n) is 2.78. The van der Waals surface area contributed by atoms with Crippen LogP contribution in [0, 0.1) is 0 Å². The molecule has 1 aliphatic heterocycles. The van der Waals surface area contributed by atoms with Gasteiger partial charge in [0.1, 0.15) is 7.17 Å². The summed E-state index contributed by atoms with van der Waals surface area (Å²) < 4.78 is 0. The Labute approximate surface area is 63.1 Å². The molecule has 1 heterocycles. The minimum absolute atomic E-state index is 0.621. The third-order valence-corrected chi connectivity index (χ3v) is 2.05. The molecule has 1 atom stereocenters. The number of rotatable bonds is 0. The largest absolute Gasteiger partial charge is 0.108 e. The fourth-order valence-electron chi connectivity index (χ4n) is 1.43. The van der Waals surface area contributed by atoms with E-state index in [1.165, 1.54) is 11.0 Å². The molecule has 0 saturated heterocycles. The van der Waals surface area contributed by atoms with Gasteiger partial charge in [0.15, 0.2) is 0 Å². The number of fused-ring (bicyclic) bond motifs is 1. The van der Waals surface area contributed by atoms with Crippen LogP contribution in [0.2, 0.25) is 0 Å². The zero-order valence-corrected chi connectivity index (χ0v) is 6.04. The van der Waals surface area contributed by atoms with E-state index >= 15 is 0 Å². The molecule has 2 radical (unpaired) electrons. The van der Waals surface area contributed by atoms with Gasteiger partial charge in [-0.1, -0.05) is 48.0 Å². The smallest absolute Gasteiger partial charge is 0.0945 e. The zero-order valence-electron chi connectivity index (χ0n) is 6.04. The van der Waals surface area contributed by atoms with Crippen molar-refractivity contribution in [3.8, 4) is 0 Å². The average molecular weight is 126 g/mol. The highest BCUT2D eigenvalue weighted by Crippen LogP contribution is 2.14. The van der Waals surface area contributed by atoms with Gasteiger partial charge in [0.2, 0.25) is 0 Å². The molecule has 0 fully saturated rings. The van der Waals surface area contributed by atoms with Crippen LogP contribution < -0.4 is 5.46 Å². The molecule has 0 aromatic heterocycles. The predicted octanol–water partition coefficient (Wildman–Crippen LogP) is 0.710. The summed E-state index contributed by atoms with van der Waals surface area (Å²) in [5.41, 5.74) is 2.84. The summed E-state index contributed by atoms with van der Waals surface area (Å²) in [6, 6.07) is 8.54. The normalized spacial score (nSPS) is 21.1. The van der Waals surface area contributed by atoms with Crippen LogP contribution in [-0.2, 0) is 0 Å². The number of benzene rings is 1. The van der Waals surface area contributed by atoms with Gasteiger partial charge in [0.05, 0.1) is 7.17 Å². The Morgan fingerprint density at radius 3 is 2.90 bits per heavy atom. The van der Waals surface area contributed by atoms with Gasteiger partial charge < -0.3 is 0 Å². The van der Waals surface area contributed by atoms with Crippen LogP contribution >= 0.6 is 0 Å². The van der Waals surface area contributed by atoms with Gasteiger partial charge in [0, 0.05) is 0 Å². The van der Waals surface area contributed by atoms with Crippen molar-refractivity contribution in [2.45, 2.75) is 12.7 Å². The quantitative estimate of drug-likeness (QED) is 0.449. The van der Waals surface area contributed by atoms with E-state index < -0.39 is 0 Å². The van der Waals surface area contributed by atoms with Crippen molar-refractivity contribution in [1.82, 2.24) is 0 Å². The standard InChI is InChI=1S/C8H8B2/c1-6-7-4-2-3-5-8(7)10-9-6/h2-6H,1H3. The Morgan fingerprint density at radius 2 is 2.10 bits per heavy atom. The summed E-state index contributed by atoms with van der Waals surface area (Å²) in [6.45, 7) is 2.22. The average Bonchev–Trinajstić information content (AvgIpc) is 2.34. The van der Waals surface area contributed by atoms with E-state index in [1.807, 2.05) is 0 Å². The molecule has 1 aromatic rings. The highest BCUT2D eigenvalue weighted by Gasteiger charge is 2.18. The molecule has 2 rings (SSSR count). The summed E-state index contributed by atoms with van der Waals surface area (Å²) in [5.74, 6) is 0.621. The van der Waals surface area contributed by atoms with Crippen LogP contribution in [0.1, 0.15) is 18.3 Å². The Kier molecular flexibility index (Phi) is 1.33. The molecular formula is C8H8B2. The van der Waals surface area contributed by atoms with Crippen molar-refractivity contribution in [3.63, 3.8) is 0 Å². The van der Waals surface area contributed by atoms with E-state index in [-0.39, 0.29) is 0 Å². The summed E-state index contributed by atoms with van der Waals surface area (Å²) in [5, 5.41) is 0. The maximum atomic E-state index is 2.24. The van der Waals surface area contributed by atoms with Gasteiger partial charge in [-0.2, -0.15) is 0 Å². The third-order valence-electron chi connectivity index (χ3n) is 2.05. The first-order chi connectivity index (χ1) is 4.88. The van der Waals surface area contributed by atoms with E-state index in [4.69, 9.17) is 0 Å². The summed E-state index contributed by atoms with van der Waals surface area (Å²) in [4.78, 5) is 0. The second kappa shape index (κ2) is 2.19. The molecule has 1 aromatic carbocycles. The minimum Gasteiger partial charge on any atom is -0.0945 e. The Hall–Kier alpha value is -0.650. The first kappa shape index (κ1) is 6.09. The molecule has 1 unspecified atom stereocenters. The maximum absolute atomic E-state index is 2.24. The molecule has 0 nitrogen and oxygen atoms in total. The van der Waals surface area contributed by atoms with Crippen molar-refractivity contribution in [3.05, 3.63) is 29.8 Å². The van der Waals surface area contributed by atoms with Crippen LogP contribution in [0.15, 0.2) is 24.3 Å². The SMILES string of the molecule is CC1[B][B]c2ccccc21. The van der Waals surface area contributed by atoms with Gasteiger partial charge in [-0.3, -0.25) is 0 Å². The Morgan fingerprint density at radius 1 is 1.30 bits per heavy atom. The maximum Gasteiger partial charge on any atom is 0.108 e. The van der Waals surface area contributed by atoms with Gasteiger partial charge >= 0.3 is 0 Å². The van der Waals surface area contributed by atoms with Gasteiger partial charge in [-0.05, 0) is 0 Å². The van der Waals surface area contributed by atoms with E-state index in [0.29, 0.717) is 5.82 Å². The van der Waals surface area contributed by atoms with Crippen molar-refractivity contribution in [2.75, 3.05) is 0 Å². The van der Waals surface area contributed by atoms with Crippen molar-refractivity contribution >= 4 is 19.8 Å². The first-order valence-corrected chi connectivity index (χ1v) is 3.65. The fraction of sp³-hybridized carbons (Fsp3) is 0.250. The Bertz CT molecular complexity index is 245. The van der Waals surface area contributed by atoms with Crippen LogP contribution in [0.4, 0.5) is 0 Å². The molecule has 10 heavy (non-hydrogen) atoms. The van der Waals surface area contributed by atoms with Gasteiger partial charge in [-0.15, -0.1) is 0 Å². The third kappa shape index (κ3) is 0.792. The van der Waals surface area contributed by atoms with E-state index in [0.717, 1.165) is 0 Å².